The van der Waals surface area contributed by atoms with Crippen LogP contribution in [0.25, 0.3) is 0 Å². The van der Waals surface area contributed by atoms with E-state index in [1.807, 2.05) is 6.92 Å². The lowest BCUT2D eigenvalue weighted by Crippen LogP contribution is -2.31. The molecule has 0 saturated carbocycles. The van der Waals surface area contributed by atoms with Gasteiger partial charge in [-0.25, -0.2) is 4.98 Å². The molecule has 0 bridgehead atoms. The average Bonchev–Trinajstić information content (AvgIpc) is 2.95. The van der Waals surface area contributed by atoms with Gasteiger partial charge in [0, 0.05) is 13.0 Å². The topological polar surface area (TPSA) is 59.8 Å². The molecule has 1 atom stereocenters. The summed E-state index contributed by atoms with van der Waals surface area (Å²) >= 11 is 0. The van der Waals surface area contributed by atoms with Gasteiger partial charge in [-0.05, 0) is 30.5 Å². The highest BCUT2D eigenvalue weighted by molar-refractivity contribution is 5.78. The molecule has 1 N–H and O–H groups in total. The van der Waals surface area contributed by atoms with Crippen molar-refractivity contribution in [3.63, 3.8) is 0 Å². The molecule has 1 aromatic carbocycles. The van der Waals surface area contributed by atoms with Crippen molar-refractivity contribution >= 4 is 5.91 Å². The maximum Gasteiger partial charge on any atom is 0.416 e. The van der Waals surface area contributed by atoms with E-state index in [1.54, 1.807) is 18.1 Å². The fourth-order valence-electron chi connectivity index (χ4n) is 2.31. The third kappa shape index (κ3) is 4.81. The smallest absolute Gasteiger partial charge is 0.348 e. The Bertz CT molecular complexity index is 679. The zero-order chi connectivity index (χ0) is 17.7. The molecular weight excluding hydrogens is 321 g/mol. The van der Waals surface area contributed by atoms with Crippen molar-refractivity contribution < 1.29 is 18.0 Å². The third-order valence-corrected chi connectivity index (χ3v) is 3.69. The van der Waals surface area contributed by atoms with Gasteiger partial charge in [-0.1, -0.05) is 19.1 Å². The Kier molecular flexibility index (Phi) is 5.58. The van der Waals surface area contributed by atoms with Crippen molar-refractivity contribution in [3.05, 3.63) is 47.5 Å². The minimum atomic E-state index is -4.35. The largest absolute Gasteiger partial charge is 0.416 e. The van der Waals surface area contributed by atoms with Gasteiger partial charge in [0.15, 0.2) is 5.82 Å². The molecule has 8 heteroatoms. The van der Waals surface area contributed by atoms with Crippen LogP contribution >= 0.6 is 0 Å². The van der Waals surface area contributed by atoms with E-state index in [0.717, 1.165) is 12.1 Å². The second-order valence-corrected chi connectivity index (χ2v) is 5.56. The third-order valence-electron chi connectivity index (χ3n) is 3.69. The molecule has 0 fully saturated rings. The van der Waals surface area contributed by atoms with Gasteiger partial charge >= 0.3 is 6.18 Å². The minimum absolute atomic E-state index is 0.162. The summed E-state index contributed by atoms with van der Waals surface area (Å²) in [6.45, 7) is 2.09. The number of alkyl halides is 3. The standard InChI is InChI=1S/C16H19F3N4O/c1-3-12(15(24)20-9-14-21-10-23(2)22-14)8-11-4-6-13(7-5-11)16(17,18)19/h4-7,10,12H,3,8-9H2,1-2H3,(H,20,24). The molecular formula is C16H19F3N4O. The van der Waals surface area contributed by atoms with Crippen LogP contribution in [0.4, 0.5) is 13.2 Å². The first-order chi connectivity index (χ1) is 11.3. The van der Waals surface area contributed by atoms with Gasteiger partial charge in [-0.15, -0.1) is 0 Å². The number of aryl methyl sites for hydroxylation is 1. The number of halogens is 3. The number of carbonyl (C=O) groups is 1. The van der Waals surface area contributed by atoms with E-state index in [9.17, 15) is 18.0 Å². The molecule has 0 radical (unpaired) electrons. The highest BCUT2D eigenvalue weighted by Crippen LogP contribution is 2.29. The molecule has 1 heterocycles. The van der Waals surface area contributed by atoms with E-state index < -0.39 is 11.7 Å². The maximum absolute atomic E-state index is 12.6. The summed E-state index contributed by atoms with van der Waals surface area (Å²) in [6, 6.07) is 4.91. The van der Waals surface area contributed by atoms with Crippen molar-refractivity contribution in [1.82, 2.24) is 20.1 Å². The first-order valence-corrected chi connectivity index (χ1v) is 7.58. The van der Waals surface area contributed by atoms with Crippen LogP contribution in [0, 0.1) is 5.92 Å². The van der Waals surface area contributed by atoms with Crippen LogP contribution in [-0.2, 0) is 31.0 Å². The van der Waals surface area contributed by atoms with Gasteiger partial charge in [0.1, 0.15) is 6.33 Å². The summed E-state index contributed by atoms with van der Waals surface area (Å²) in [5.41, 5.74) is 0.00550. The minimum Gasteiger partial charge on any atom is -0.348 e. The second-order valence-electron chi connectivity index (χ2n) is 5.56. The zero-order valence-corrected chi connectivity index (χ0v) is 13.5. The predicted octanol–water partition coefficient (Wildman–Crippen LogP) is 2.72. The number of benzene rings is 1. The Morgan fingerprint density at radius 3 is 2.46 bits per heavy atom. The molecule has 1 unspecified atom stereocenters. The molecule has 0 aliphatic rings. The monoisotopic (exact) mass is 340 g/mol. The molecule has 0 aliphatic heterocycles. The summed E-state index contributed by atoms with van der Waals surface area (Å²) in [5, 5.41) is 6.83. The molecule has 0 spiro atoms. The SMILES string of the molecule is CCC(Cc1ccc(C(F)(F)F)cc1)C(=O)NCc1ncn(C)n1. The Balaban J connectivity index is 1.94. The summed E-state index contributed by atoms with van der Waals surface area (Å²) < 4.78 is 39.2. The van der Waals surface area contributed by atoms with Crippen LogP contribution < -0.4 is 5.32 Å². The van der Waals surface area contributed by atoms with Crippen molar-refractivity contribution in [2.24, 2.45) is 13.0 Å². The van der Waals surface area contributed by atoms with Gasteiger partial charge in [0.2, 0.25) is 5.91 Å². The normalized spacial score (nSPS) is 12.9. The molecule has 2 aromatic rings. The molecule has 24 heavy (non-hydrogen) atoms. The van der Waals surface area contributed by atoms with Crippen molar-refractivity contribution in [1.29, 1.82) is 0 Å². The number of aromatic nitrogens is 3. The van der Waals surface area contributed by atoms with Crippen LogP contribution in [0.15, 0.2) is 30.6 Å². The first-order valence-electron chi connectivity index (χ1n) is 7.58. The number of rotatable bonds is 6. The van der Waals surface area contributed by atoms with Gasteiger partial charge < -0.3 is 5.32 Å². The van der Waals surface area contributed by atoms with E-state index in [0.29, 0.717) is 24.2 Å². The van der Waals surface area contributed by atoms with Crippen LogP contribution in [0.1, 0.15) is 30.3 Å². The number of hydrogen-bond acceptors (Lipinski definition) is 3. The summed E-state index contributed by atoms with van der Waals surface area (Å²) in [5.74, 6) is 0.0329. The Morgan fingerprint density at radius 1 is 1.29 bits per heavy atom. The molecule has 1 amide bonds. The summed E-state index contributed by atoms with van der Waals surface area (Å²) in [4.78, 5) is 16.3. The van der Waals surface area contributed by atoms with Gasteiger partial charge in [0.05, 0.1) is 12.1 Å². The summed E-state index contributed by atoms with van der Waals surface area (Å²) in [6.07, 6.45) is -1.84. The molecule has 130 valence electrons. The molecule has 0 aliphatic carbocycles. The Hall–Kier alpha value is -2.38. The van der Waals surface area contributed by atoms with Gasteiger partial charge in [-0.3, -0.25) is 9.48 Å². The van der Waals surface area contributed by atoms with Gasteiger partial charge in [-0.2, -0.15) is 18.3 Å². The van der Waals surface area contributed by atoms with E-state index in [4.69, 9.17) is 0 Å². The Morgan fingerprint density at radius 2 is 1.96 bits per heavy atom. The lowest BCUT2D eigenvalue weighted by Gasteiger charge is -2.15. The van der Waals surface area contributed by atoms with E-state index in [2.05, 4.69) is 15.4 Å². The lowest BCUT2D eigenvalue weighted by molar-refractivity contribution is -0.137. The molecule has 1 aromatic heterocycles. The van der Waals surface area contributed by atoms with Crippen molar-refractivity contribution in [3.8, 4) is 0 Å². The van der Waals surface area contributed by atoms with Crippen LogP contribution in [0.2, 0.25) is 0 Å². The average molecular weight is 340 g/mol. The zero-order valence-electron chi connectivity index (χ0n) is 13.5. The fraction of sp³-hybridized carbons (Fsp3) is 0.438. The predicted molar refractivity (Wildman–Crippen MR) is 81.8 cm³/mol. The number of carbonyl (C=O) groups excluding carboxylic acids is 1. The van der Waals surface area contributed by atoms with E-state index >= 15 is 0 Å². The number of nitrogens with zero attached hydrogens (tertiary/aromatic N) is 3. The maximum atomic E-state index is 12.6. The molecule has 0 saturated heterocycles. The first kappa shape index (κ1) is 18.0. The quantitative estimate of drug-likeness (QED) is 0.880. The second kappa shape index (κ2) is 7.46. The summed E-state index contributed by atoms with van der Waals surface area (Å²) in [7, 11) is 1.73. The lowest BCUT2D eigenvalue weighted by atomic mass is 9.95. The number of amides is 1. The van der Waals surface area contributed by atoms with Crippen LogP contribution in [-0.4, -0.2) is 20.7 Å². The van der Waals surface area contributed by atoms with Crippen molar-refractivity contribution in [2.75, 3.05) is 0 Å². The highest BCUT2D eigenvalue weighted by atomic mass is 19.4. The van der Waals surface area contributed by atoms with Crippen molar-refractivity contribution in [2.45, 2.75) is 32.5 Å². The van der Waals surface area contributed by atoms with Crippen LogP contribution in [0.3, 0.4) is 0 Å². The van der Waals surface area contributed by atoms with E-state index in [1.165, 1.54) is 12.1 Å². The fourth-order valence-corrected chi connectivity index (χ4v) is 2.31. The van der Waals surface area contributed by atoms with Gasteiger partial charge in [0.25, 0.3) is 0 Å². The van der Waals surface area contributed by atoms with Crippen LogP contribution in [0.5, 0.6) is 0 Å². The molecule has 5 nitrogen and oxygen atoms in total. The molecule has 2 rings (SSSR count). The number of hydrogen-bond donors (Lipinski definition) is 1. The number of nitrogens with one attached hydrogen (secondary N) is 1. The Labute approximate surface area is 137 Å². The van der Waals surface area contributed by atoms with E-state index in [-0.39, 0.29) is 18.4 Å². The highest BCUT2D eigenvalue weighted by Gasteiger charge is 2.30.